The Morgan fingerprint density at radius 3 is 2.63 bits per heavy atom. The minimum atomic E-state index is 0.568. The van der Waals surface area contributed by atoms with Gasteiger partial charge in [-0.2, -0.15) is 5.10 Å². The molecule has 1 aliphatic rings. The first-order valence-corrected chi connectivity index (χ1v) is 7.31. The molecule has 1 fully saturated rings. The molecular formula is C16H23N3. The highest BCUT2D eigenvalue weighted by Gasteiger charge is 2.20. The maximum Gasteiger partial charge on any atom is 0.0685 e. The van der Waals surface area contributed by atoms with Gasteiger partial charge in [-0.1, -0.05) is 19.9 Å². The lowest BCUT2D eigenvalue weighted by molar-refractivity contribution is 0.215. The lowest BCUT2D eigenvalue weighted by Gasteiger charge is -2.29. The normalized spacial score (nSPS) is 18.5. The molecule has 0 bridgehead atoms. The van der Waals surface area contributed by atoms with E-state index in [0.29, 0.717) is 12.0 Å². The summed E-state index contributed by atoms with van der Waals surface area (Å²) in [6.45, 7) is 6.83. The first-order valence-electron chi connectivity index (χ1n) is 7.31. The molecule has 1 saturated heterocycles. The van der Waals surface area contributed by atoms with Crippen LogP contribution in [-0.2, 0) is 0 Å². The maximum absolute atomic E-state index is 4.64. The summed E-state index contributed by atoms with van der Waals surface area (Å²) >= 11 is 0. The highest BCUT2D eigenvalue weighted by molar-refractivity contribution is 5.79. The lowest BCUT2D eigenvalue weighted by atomic mass is 10.0. The van der Waals surface area contributed by atoms with Crippen LogP contribution in [0.1, 0.15) is 44.2 Å². The predicted molar refractivity (Wildman–Crippen MR) is 79.6 cm³/mol. The average molecular weight is 257 g/mol. The molecule has 1 aromatic carbocycles. The number of aromatic nitrogens is 2. The number of likely N-dealkylation sites (tertiary alicyclic amines) is 1. The van der Waals surface area contributed by atoms with E-state index >= 15 is 0 Å². The Kier molecular flexibility index (Phi) is 3.31. The monoisotopic (exact) mass is 257 g/mol. The Morgan fingerprint density at radius 2 is 1.95 bits per heavy atom. The molecule has 102 valence electrons. The zero-order valence-electron chi connectivity index (χ0n) is 12.1. The molecule has 3 rings (SSSR count). The molecular weight excluding hydrogens is 234 g/mol. The number of piperidine rings is 1. The van der Waals surface area contributed by atoms with E-state index in [1.807, 2.05) is 6.20 Å². The van der Waals surface area contributed by atoms with Gasteiger partial charge in [-0.25, -0.2) is 0 Å². The van der Waals surface area contributed by atoms with Crippen molar-refractivity contribution in [1.29, 1.82) is 0 Å². The van der Waals surface area contributed by atoms with Gasteiger partial charge in [0.2, 0.25) is 0 Å². The number of hydrogen-bond acceptors (Lipinski definition) is 2. The Morgan fingerprint density at radius 1 is 1.21 bits per heavy atom. The Bertz CT molecular complexity index is 562. The van der Waals surface area contributed by atoms with Crippen molar-refractivity contribution in [2.45, 2.75) is 38.6 Å². The third-order valence-electron chi connectivity index (χ3n) is 4.32. The molecule has 2 heterocycles. The van der Waals surface area contributed by atoms with Crippen molar-refractivity contribution in [2.24, 2.45) is 0 Å². The highest BCUT2D eigenvalue weighted by atomic mass is 15.3. The van der Waals surface area contributed by atoms with Crippen LogP contribution in [-0.4, -0.2) is 34.8 Å². The van der Waals surface area contributed by atoms with E-state index in [1.54, 1.807) is 0 Å². The van der Waals surface area contributed by atoms with Gasteiger partial charge in [0.1, 0.15) is 0 Å². The van der Waals surface area contributed by atoms with E-state index < -0.39 is 0 Å². The summed E-state index contributed by atoms with van der Waals surface area (Å²) in [6, 6.07) is 7.35. The summed E-state index contributed by atoms with van der Waals surface area (Å²) in [6.07, 6.45) is 4.44. The van der Waals surface area contributed by atoms with E-state index in [-0.39, 0.29) is 0 Å². The van der Waals surface area contributed by atoms with Crippen LogP contribution in [0.5, 0.6) is 0 Å². The van der Waals surface area contributed by atoms with Gasteiger partial charge in [0.05, 0.1) is 17.8 Å². The molecule has 0 atom stereocenters. The van der Waals surface area contributed by atoms with Crippen molar-refractivity contribution < 1.29 is 0 Å². The van der Waals surface area contributed by atoms with Crippen LogP contribution < -0.4 is 0 Å². The largest absolute Gasteiger partial charge is 0.306 e. The summed E-state index contributed by atoms with van der Waals surface area (Å²) in [7, 11) is 2.20. The molecule has 0 saturated carbocycles. The van der Waals surface area contributed by atoms with Crippen LogP contribution in [0.15, 0.2) is 24.4 Å². The van der Waals surface area contributed by atoms with Gasteiger partial charge >= 0.3 is 0 Å². The van der Waals surface area contributed by atoms with Crippen LogP contribution in [0.2, 0.25) is 0 Å². The second-order valence-electron chi connectivity index (χ2n) is 6.10. The van der Waals surface area contributed by atoms with Gasteiger partial charge in [0.25, 0.3) is 0 Å². The summed E-state index contributed by atoms with van der Waals surface area (Å²) in [5.41, 5.74) is 2.69. The van der Waals surface area contributed by atoms with Gasteiger partial charge in [0.15, 0.2) is 0 Å². The quantitative estimate of drug-likeness (QED) is 0.822. The van der Waals surface area contributed by atoms with Crippen LogP contribution in [0.3, 0.4) is 0 Å². The molecule has 3 heteroatoms. The number of benzene rings is 1. The SMILES string of the molecule is CC(C)c1ccc2c(cnn2C2CCN(C)CC2)c1. The van der Waals surface area contributed by atoms with Gasteiger partial charge in [-0.05, 0) is 56.6 Å². The van der Waals surface area contributed by atoms with Crippen molar-refractivity contribution >= 4 is 10.9 Å². The zero-order chi connectivity index (χ0) is 13.4. The van der Waals surface area contributed by atoms with E-state index in [4.69, 9.17) is 0 Å². The fraction of sp³-hybridized carbons (Fsp3) is 0.562. The lowest BCUT2D eigenvalue weighted by Crippen LogP contribution is -2.31. The van der Waals surface area contributed by atoms with Crippen molar-refractivity contribution in [3.05, 3.63) is 30.0 Å². The second-order valence-corrected chi connectivity index (χ2v) is 6.10. The third-order valence-corrected chi connectivity index (χ3v) is 4.32. The molecule has 0 N–H and O–H groups in total. The molecule has 0 radical (unpaired) electrons. The molecule has 2 aromatic rings. The fourth-order valence-corrected chi connectivity index (χ4v) is 2.96. The summed E-state index contributed by atoms with van der Waals surface area (Å²) in [5.74, 6) is 0.580. The van der Waals surface area contributed by atoms with Crippen LogP contribution in [0, 0.1) is 0 Å². The molecule has 0 spiro atoms. The maximum atomic E-state index is 4.64. The molecule has 0 amide bonds. The first kappa shape index (κ1) is 12.7. The van der Waals surface area contributed by atoms with Crippen LogP contribution >= 0.6 is 0 Å². The molecule has 3 nitrogen and oxygen atoms in total. The molecule has 0 unspecified atom stereocenters. The van der Waals surface area contributed by atoms with E-state index in [0.717, 1.165) is 0 Å². The van der Waals surface area contributed by atoms with Crippen LogP contribution in [0.25, 0.3) is 10.9 Å². The Hall–Kier alpha value is -1.35. The smallest absolute Gasteiger partial charge is 0.0685 e. The van der Waals surface area contributed by atoms with Crippen molar-refractivity contribution in [1.82, 2.24) is 14.7 Å². The Labute approximate surface area is 115 Å². The minimum absolute atomic E-state index is 0.568. The molecule has 19 heavy (non-hydrogen) atoms. The highest BCUT2D eigenvalue weighted by Crippen LogP contribution is 2.27. The predicted octanol–water partition coefficient (Wildman–Crippen LogP) is 3.43. The van der Waals surface area contributed by atoms with E-state index in [2.05, 4.69) is 53.8 Å². The average Bonchev–Trinajstić information content (AvgIpc) is 2.82. The molecule has 1 aromatic heterocycles. The third kappa shape index (κ3) is 2.39. The first-order chi connectivity index (χ1) is 9.15. The van der Waals surface area contributed by atoms with E-state index in [9.17, 15) is 0 Å². The number of rotatable bonds is 2. The van der Waals surface area contributed by atoms with Gasteiger partial charge in [-0.3, -0.25) is 4.68 Å². The number of nitrogens with zero attached hydrogens (tertiary/aromatic N) is 3. The number of fused-ring (bicyclic) bond motifs is 1. The summed E-state index contributed by atoms with van der Waals surface area (Å²) in [4.78, 5) is 2.40. The van der Waals surface area contributed by atoms with Crippen molar-refractivity contribution in [2.75, 3.05) is 20.1 Å². The van der Waals surface area contributed by atoms with Gasteiger partial charge < -0.3 is 4.90 Å². The van der Waals surface area contributed by atoms with Gasteiger partial charge in [-0.15, -0.1) is 0 Å². The zero-order valence-corrected chi connectivity index (χ0v) is 12.1. The fourth-order valence-electron chi connectivity index (χ4n) is 2.96. The van der Waals surface area contributed by atoms with Gasteiger partial charge in [0, 0.05) is 5.39 Å². The van der Waals surface area contributed by atoms with Crippen molar-refractivity contribution in [3.63, 3.8) is 0 Å². The second kappa shape index (κ2) is 4.97. The molecule has 1 aliphatic heterocycles. The molecule has 0 aliphatic carbocycles. The van der Waals surface area contributed by atoms with Crippen molar-refractivity contribution in [3.8, 4) is 0 Å². The Balaban J connectivity index is 1.92. The standard InChI is InChI=1S/C16H23N3/c1-12(2)13-4-5-16-14(10-13)11-17-19(16)15-6-8-18(3)9-7-15/h4-5,10-12,15H,6-9H2,1-3H3. The topological polar surface area (TPSA) is 21.1 Å². The summed E-state index contributed by atoms with van der Waals surface area (Å²) < 4.78 is 2.24. The van der Waals surface area contributed by atoms with Crippen LogP contribution in [0.4, 0.5) is 0 Å². The summed E-state index contributed by atoms with van der Waals surface area (Å²) in [5, 5.41) is 5.93. The minimum Gasteiger partial charge on any atom is -0.306 e. The number of hydrogen-bond donors (Lipinski definition) is 0. The van der Waals surface area contributed by atoms with E-state index in [1.165, 1.54) is 42.4 Å².